The van der Waals surface area contributed by atoms with E-state index in [1.807, 2.05) is 7.05 Å². The Kier molecular flexibility index (Phi) is 3.20. The highest BCUT2D eigenvalue weighted by Crippen LogP contribution is 2.36. The Morgan fingerprint density at radius 1 is 1.24 bits per heavy atom. The van der Waals surface area contributed by atoms with Crippen molar-refractivity contribution in [2.45, 2.75) is 37.6 Å². The molecule has 0 radical (unpaired) electrons. The number of carbonyl (C=O) groups is 1. The van der Waals surface area contributed by atoms with Gasteiger partial charge in [-0.05, 0) is 25.7 Å². The van der Waals surface area contributed by atoms with Gasteiger partial charge >= 0.3 is 0 Å². The van der Waals surface area contributed by atoms with Crippen LogP contribution in [0.1, 0.15) is 32.1 Å². The van der Waals surface area contributed by atoms with Crippen molar-refractivity contribution in [3.05, 3.63) is 0 Å². The average Bonchev–Trinajstić information content (AvgIpc) is 2.25. The first-order valence-electron chi connectivity index (χ1n) is 6.07. The normalized spacial score (nSPS) is 32.1. The summed E-state index contributed by atoms with van der Waals surface area (Å²) in [5.74, 6) is 0.145. The van der Waals surface area contributed by atoms with Gasteiger partial charge in [0.05, 0.1) is 11.8 Å². The summed E-state index contributed by atoms with van der Waals surface area (Å²) in [7, 11) is -1.33. The van der Waals surface area contributed by atoms with Gasteiger partial charge < -0.3 is 4.90 Å². The Labute approximate surface area is 103 Å². The minimum Gasteiger partial charge on any atom is -0.339 e. The van der Waals surface area contributed by atoms with Crippen LogP contribution < -0.4 is 0 Å². The molecule has 1 atom stereocenters. The number of hydrogen-bond donors (Lipinski definition) is 0. The topological polar surface area (TPSA) is 57.7 Å². The van der Waals surface area contributed by atoms with Gasteiger partial charge in [-0.3, -0.25) is 4.79 Å². The van der Waals surface area contributed by atoms with E-state index in [4.69, 9.17) is 0 Å². The maximum Gasteiger partial charge on any atom is 0.222 e. The van der Waals surface area contributed by atoms with E-state index in [0.29, 0.717) is 19.5 Å². The Balaban J connectivity index is 2.23. The van der Waals surface area contributed by atoms with Crippen molar-refractivity contribution in [1.29, 1.82) is 0 Å². The number of likely N-dealkylation sites (tertiary alicyclic amines) is 1. The third kappa shape index (κ3) is 2.33. The van der Waals surface area contributed by atoms with E-state index >= 15 is 0 Å². The van der Waals surface area contributed by atoms with Crippen molar-refractivity contribution >= 4 is 15.9 Å². The van der Waals surface area contributed by atoms with Gasteiger partial charge in [0.15, 0.2) is 0 Å². The van der Waals surface area contributed by atoms with Crippen LogP contribution in [-0.2, 0) is 14.8 Å². The van der Waals surface area contributed by atoms with Gasteiger partial charge in [0.1, 0.15) is 0 Å². The SMILES string of the molecule is CN1C(=O)CCC[C@]12CCCN(S(C)(=O)=O)C2. The van der Waals surface area contributed by atoms with Crippen LogP contribution in [0.3, 0.4) is 0 Å². The number of carbonyl (C=O) groups excluding carboxylic acids is 1. The van der Waals surface area contributed by atoms with Crippen LogP contribution in [0.25, 0.3) is 0 Å². The van der Waals surface area contributed by atoms with Crippen LogP contribution in [0, 0.1) is 0 Å². The zero-order valence-corrected chi connectivity index (χ0v) is 11.3. The molecule has 6 heteroatoms. The van der Waals surface area contributed by atoms with Crippen LogP contribution in [0.5, 0.6) is 0 Å². The molecule has 0 bridgehead atoms. The van der Waals surface area contributed by atoms with Crippen molar-refractivity contribution < 1.29 is 13.2 Å². The lowest BCUT2D eigenvalue weighted by Crippen LogP contribution is -2.61. The number of amides is 1. The van der Waals surface area contributed by atoms with E-state index in [0.717, 1.165) is 25.7 Å². The third-order valence-electron chi connectivity index (χ3n) is 4.11. The standard InChI is InChI=1S/C11H20N2O3S/c1-12-10(14)5-3-6-11(12)7-4-8-13(9-11)17(2,15)16/h3-9H2,1-2H3/t11-/m1/s1. The fourth-order valence-electron chi connectivity index (χ4n) is 3.00. The van der Waals surface area contributed by atoms with Crippen molar-refractivity contribution in [2.75, 3.05) is 26.4 Å². The van der Waals surface area contributed by atoms with E-state index in [9.17, 15) is 13.2 Å². The maximum atomic E-state index is 11.8. The van der Waals surface area contributed by atoms with Crippen LogP contribution >= 0.6 is 0 Å². The summed E-state index contributed by atoms with van der Waals surface area (Å²) >= 11 is 0. The molecular formula is C11H20N2O3S. The van der Waals surface area contributed by atoms with Crippen molar-refractivity contribution in [1.82, 2.24) is 9.21 Å². The van der Waals surface area contributed by atoms with Crippen LogP contribution in [0.15, 0.2) is 0 Å². The van der Waals surface area contributed by atoms with Crippen LogP contribution in [-0.4, -0.2) is 55.5 Å². The largest absolute Gasteiger partial charge is 0.339 e. The molecule has 5 nitrogen and oxygen atoms in total. The number of piperidine rings is 2. The van der Waals surface area contributed by atoms with E-state index < -0.39 is 10.0 Å². The fourth-order valence-corrected chi connectivity index (χ4v) is 3.94. The van der Waals surface area contributed by atoms with E-state index in [1.54, 1.807) is 4.90 Å². The van der Waals surface area contributed by atoms with Crippen molar-refractivity contribution in [2.24, 2.45) is 0 Å². The monoisotopic (exact) mass is 260 g/mol. The molecule has 0 aromatic rings. The van der Waals surface area contributed by atoms with E-state index in [1.165, 1.54) is 10.6 Å². The number of sulfonamides is 1. The number of rotatable bonds is 1. The van der Waals surface area contributed by atoms with Crippen molar-refractivity contribution in [3.8, 4) is 0 Å². The molecule has 1 spiro atoms. The number of hydrogen-bond acceptors (Lipinski definition) is 3. The fraction of sp³-hybridized carbons (Fsp3) is 0.909. The second-order valence-corrected chi connectivity index (χ2v) is 7.21. The molecule has 0 saturated carbocycles. The number of likely N-dealkylation sites (N-methyl/N-ethyl adjacent to an activating group) is 1. The lowest BCUT2D eigenvalue weighted by Gasteiger charge is -2.50. The van der Waals surface area contributed by atoms with Crippen LogP contribution in [0.4, 0.5) is 0 Å². The predicted octanol–water partition coefficient (Wildman–Crippen LogP) is 0.423. The molecule has 0 N–H and O–H groups in total. The highest BCUT2D eigenvalue weighted by atomic mass is 32.2. The van der Waals surface area contributed by atoms with Gasteiger partial charge in [0.2, 0.25) is 15.9 Å². The Bertz CT molecular complexity index is 416. The first-order chi connectivity index (χ1) is 7.85. The van der Waals surface area contributed by atoms with Gasteiger partial charge in [0, 0.05) is 26.6 Å². The molecule has 2 saturated heterocycles. The summed E-state index contributed by atoms with van der Waals surface area (Å²) < 4.78 is 24.8. The molecule has 98 valence electrons. The highest BCUT2D eigenvalue weighted by molar-refractivity contribution is 7.88. The molecular weight excluding hydrogens is 240 g/mol. The lowest BCUT2D eigenvalue weighted by atomic mass is 9.81. The van der Waals surface area contributed by atoms with E-state index in [2.05, 4.69) is 0 Å². The van der Waals surface area contributed by atoms with Gasteiger partial charge in [-0.15, -0.1) is 0 Å². The molecule has 2 rings (SSSR count). The predicted molar refractivity (Wildman–Crippen MR) is 65.0 cm³/mol. The van der Waals surface area contributed by atoms with E-state index in [-0.39, 0.29) is 11.4 Å². The Hall–Kier alpha value is -0.620. The summed E-state index contributed by atoms with van der Waals surface area (Å²) in [5.41, 5.74) is -0.253. The summed E-state index contributed by atoms with van der Waals surface area (Å²) in [6, 6.07) is 0. The Morgan fingerprint density at radius 2 is 1.88 bits per heavy atom. The van der Waals surface area contributed by atoms with Crippen molar-refractivity contribution in [3.63, 3.8) is 0 Å². The highest BCUT2D eigenvalue weighted by Gasteiger charge is 2.44. The smallest absolute Gasteiger partial charge is 0.222 e. The quantitative estimate of drug-likeness (QED) is 0.686. The molecule has 0 aliphatic carbocycles. The molecule has 0 aromatic carbocycles. The molecule has 2 aliphatic rings. The molecule has 0 unspecified atom stereocenters. The molecule has 1 amide bonds. The molecule has 0 aromatic heterocycles. The maximum absolute atomic E-state index is 11.8. The Morgan fingerprint density at radius 3 is 2.53 bits per heavy atom. The van der Waals surface area contributed by atoms with Gasteiger partial charge in [-0.2, -0.15) is 4.31 Å². The first kappa shape index (κ1) is 12.8. The third-order valence-corrected chi connectivity index (χ3v) is 5.36. The first-order valence-corrected chi connectivity index (χ1v) is 7.92. The van der Waals surface area contributed by atoms with Crippen LogP contribution in [0.2, 0.25) is 0 Å². The average molecular weight is 260 g/mol. The summed E-state index contributed by atoms with van der Waals surface area (Å²) in [6.07, 6.45) is 5.39. The molecule has 2 fully saturated rings. The minimum absolute atomic E-state index is 0.145. The van der Waals surface area contributed by atoms with Gasteiger partial charge in [-0.25, -0.2) is 8.42 Å². The zero-order chi connectivity index (χ0) is 12.7. The zero-order valence-electron chi connectivity index (χ0n) is 10.5. The second kappa shape index (κ2) is 4.24. The second-order valence-electron chi connectivity index (χ2n) is 5.23. The minimum atomic E-state index is -3.15. The molecule has 17 heavy (non-hydrogen) atoms. The lowest BCUT2D eigenvalue weighted by molar-refractivity contribution is -0.141. The number of nitrogens with zero attached hydrogens (tertiary/aromatic N) is 2. The summed E-state index contributed by atoms with van der Waals surface area (Å²) in [5, 5.41) is 0. The summed E-state index contributed by atoms with van der Waals surface area (Å²) in [4.78, 5) is 13.6. The van der Waals surface area contributed by atoms with Gasteiger partial charge in [-0.1, -0.05) is 0 Å². The summed E-state index contributed by atoms with van der Waals surface area (Å²) in [6.45, 7) is 1.05. The van der Waals surface area contributed by atoms with Gasteiger partial charge in [0.25, 0.3) is 0 Å². The molecule has 2 aliphatic heterocycles. The molecule has 2 heterocycles.